The maximum Gasteiger partial charge on any atom is 0.306 e. The molecule has 12 heteroatoms. The first-order chi connectivity index (χ1) is 20.1. The summed E-state index contributed by atoms with van der Waals surface area (Å²) in [7, 11) is 0. The van der Waals surface area contributed by atoms with E-state index in [0.29, 0.717) is 38.5 Å². The Hall–Kier alpha value is -3.18. The van der Waals surface area contributed by atoms with Crippen molar-refractivity contribution in [2.24, 2.45) is 0 Å². The molecule has 0 radical (unpaired) electrons. The minimum atomic E-state index is -1.57. The molecule has 0 aliphatic rings. The quantitative estimate of drug-likeness (QED) is 0.119. The number of esters is 6. The largest absolute Gasteiger partial charge is 0.462 e. The summed E-state index contributed by atoms with van der Waals surface area (Å²) in [4.78, 5) is 75.4. The Bertz CT molecular complexity index is 772. The summed E-state index contributed by atoms with van der Waals surface area (Å²) in [6, 6.07) is 0. The van der Waals surface area contributed by atoms with Crippen LogP contribution in [0.25, 0.3) is 0 Å². The molecule has 0 rings (SSSR count). The summed E-state index contributed by atoms with van der Waals surface area (Å²) >= 11 is 0. The molecule has 0 bridgehead atoms. The van der Waals surface area contributed by atoms with Gasteiger partial charge in [-0.1, -0.05) is 41.5 Å². The third-order valence-electron chi connectivity index (χ3n) is 5.70. The van der Waals surface area contributed by atoms with Crippen LogP contribution in [0.4, 0.5) is 0 Å². The Morgan fingerprint density at radius 1 is 0.381 bits per heavy atom. The Labute approximate surface area is 249 Å². The van der Waals surface area contributed by atoms with Gasteiger partial charge in [0.05, 0.1) is 0 Å². The second kappa shape index (κ2) is 23.4. The van der Waals surface area contributed by atoms with Crippen LogP contribution in [0.1, 0.15) is 119 Å². The van der Waals surface area contributed by atoms with Gasteiger partial charge in [-0.3, -0.25) is 28.8 Å². The average Bonchev–Trinajstić information content (AvgIpc) is 2.92. The van der Waals surface area contributed by atoms with Crippen LogP contribution >= 0.6 is 0 Å². The van der Waals surface area contributed by atoms with Crippen LogP contribution in [0.15, 0.2) is 0 Å². The number of hydrogen-bond donors (Lipinski definition) is 0. The van der Waals surface area contributed by atoms with Crippen LogP contribution in [0.2, 0.25) is 0 Å². The molecule has 0 aromatic rings. The zero-order valence-corrected chi connectivity index (χ0v) is 26.1. The van der Waals surface area contributed by atoms with E-state index in [1.807, 2.05) is 0 Å². The summed E-state index contributed by atoms with van der Waals surface area (Å²) in [6.07, 6.45) is -3.09. The van der Waals surface area contributed by atoms with Gasteiger partial charge >= 0.3 is 35.8 Å². The Kier molecular flexibility index (Phi) is 21.6. The lowest BCUT2D eigenvalue weighted by molar-refractivity contribution is -0.209. The second-order valence-electron chi connectivity index (χ2n) is 9.83. The van der Waals surface area contributed by atoms with E-state index in [1.165, 1.54) is 0 Å². The lowest BCUT2D eigenvalue weighted by Gasteiger charge is -2.35. The minimum absolute atomic E-state index is 0.0128. The molecule has 0 unspecified atom stereocenters. The molecule has 0 saturated heterocycles. The summed E-state index contributed by atoms with van der Waals surface area (Å²) in [5, 5.41) is 0. The monoisotopic (exact) mass is 602 g/mol. The maximum atomic E-state index is 12.8. The lowest BCUT2D eigenvalue weighted by Crippen LogP contribution is -2.54. The zero-order valence-electron chi connectivity index (χ0n) is 26.1. The van der Waals surface area contributed by atoms with Crippen molar-refractivity contribution in [1.82, 2.24) is 0 Å². The Morgan fingerprint density at radius 2 is 0.619 bits per heavy atom. The summed E-state index contributed by atoms with van der Waals surface area (Å²) in [5.74, 6) is -3.91. The maximum absolute atomic E-state index is 12.8. The standard InChI is InChI=1S/C30H50O12/c1-7-13-23(31)37-19-21(39-25(33)15-9-3)29(41-27(35)17-11-5)30(42-28(36)18-12-6)22(40-26(34)16-10-4)20-38-24(32)14-8-2/h21-22,29-30H,7-20H2,1-6H3/t21-,22+,29-,30-/m1/s1. The molecule has 0 heterocycles. The lowest BCUT2D eigenvalue weighted by atomic mass is 10.0. The fourth-order valence-corrected chi connectivity index (χ4v) is 3.70. The number of carbonyl (C=O) groups is 6. The van der Waals surface area contributed by atoms with Gasteiger partial charge in [0.2, 0.25) is 0 Å². The van der Waals surface area contributed by atoms with Crippen LogP contribution < -0.4 is 0 Å². The number of carbonyl (C=O) groups excluding carboxylic acids is 6. The van der Waals surface area contributed by atoms with E-state index >= 15 is 0 Å². The third kappa shape index (κ3) is 16.9. The van der Waals surface area contributed by atoms with Crippen LogP contribution in [0, 0.1) is 0 Å². The molecular formula is C30H50O12. The molecule has 0 amide bonds. The van der Waals surface area contributed by atoms with Gasteiger partial charge in [-0.15, -0.1) is 0 Å². The summed E-state index contributed by atoms with van der Waals surface area (Å²) in [6.45, 7) is 9.56. The summed E-state index contributed by atoms with van der Waals surface area (Å²) < 4.78 is 33.4. The molecular weight excluding hydrogens is 552 g/mol. The molecule has 4 atom stereocenters. The van der Waals surface area contributed by atoms with Crippen LogP contribution in [-0.4, -0.2) is 73.4 Å². The Balaban J connectivity index is 6.85. The number of hydrogen-bond acceptors (Lipinski definition) is 12. The second-order valence-corrected chi connectivity index (χ2v) is 9.83. The van der Waals surface area contributed by atoms with Gasteiger partial charge in [0.1, 0.15) is 13.2 Å². The first-order valence-electron chi connectivity index (χ1n) is 15.2. The molecule has 0 aliphatic heterocycles. The highest BCUT2D eigenvalue weighted by Gasteiger charge is 2.45. The molecule has 0 fully saturated rings. The van der Waals surface area contributed by atoms with Gasteiger partial charge < -0.3 is 28.4 Å². The van der Waals surface area contributed by atoms with E-state index in [2.05, 4.69) is 0 Å². The predicted octanol–water partition coefficient (Wildman–Crippen LogP) is 4.52. The van der Waals surface area contributed by atoms with Gasteiger partial charge in [0.25, 0.3) is 0 Å². The molecule has 0 aliphatic carbocycles. The first kappa shape index (κ1) is 38.8. The number of rotatable bonds is 23. The molecule has 242 valence electrons. The molecule has 0 aromatic heterocycles. The molecule has 0 spiro atoms. The highest BCUT2D eigenvalue weighted by Crippen LogP contribution is 2.23. The van der Waals surface area contributed by atoms with E-state index in [4.69, 9.17) is 28.4 Å². The van der Waals surface area contributed by atoms with Gasteiger partial charge in [-0.25, -0.2) is 0 Å². The Morgan fingerprint density at radius 3 is 0.881 bits per heavy atom. The fraction of sp³-hybridized carbons (Fsp3) is 0.800. The van der Waals surface area contributed by atoms with E-state index in [-0.39, 0.29) is 38.5 Å². The van der Waals surface area contributed by atoms with Gasteiger partial charge in [-0.05, 0) is 38.5 Å². The van der Waals surface area contributed by atoms with E-state index in [9.17, 15) is 28.8 Å². The van der Waals surface area contributed by atoms with Crippen molar-refractivity contribution in [2.45, 2.75) is 143 Å². The molecule has 0 N–H and O–H groups in total. The molecule has 0 aromatic carbocycles. The summed E-state index contributed by atoms with van der Waals surface area (Å²) in [5.41, 5.74) is 0. The SMILES string of the molecule is CCCC(=O)OC[C@H](OC(=O)CCC)[C@@H](OC(=O)CCC)[C@H](OC(=O)CCC)[C@@H](COC(=O)CCC)OC(=O)CCC. The van der Waals surface area contributed by atoms with E-state index < -0.39 is 73.4 Å². The van der Waals surface area contributed by atoms with Crippen molar-refractivity contribution in [3.63, 3.8) is 0 Å². The number of ether oxygens (including phenoxy) is 6. The van der Waals surface area contributed by atoms with Crippen molar-refractivity contribution in [2.75, 3.05) is 13.2 Å². The van der Waals surface area contributed by atoms with Crippen LogP contribution in [-0.2, 0) is 57.2 Å². The van der Waals surface area contributed by atoms with Crippen LogP contribution in [0.3, 0.4) is 0 Å². The van der Waals surface area contributed by atoms with Gasteiger partial charge in [-0.2, -0.15) is 0 Å². The topological polar surface area (TPSA) is 158 Å². The van der Waals surface area contributed by atoms with E-state index in [1.54, 1.807) is 41.5 Å². The van der Waals surface area contributed by atoms with Crippen LogP contribution in [0.5, 0.6) is 0 Å². The first-order valence-corrected chi connectivity index (χ1v) is 15.2. The smallest absolute Gasteiger partial charge is 0.306 e. The normalized spacial score (nSPS) is 13.6. The third-order valence-corrected chi connectivity index (χ3v) is 5.70. The zero-order chi connectivity index (χ0) is 31.9. The predicted molar refractivity (Wildman–Crippen MR) is 151 cm³/mol. The fourth-order valence-electron chi connectivity index (χ4n) is 3.70. The van der Waals surface area contributed by atoms with Crippen molar-refractivity contribution >= 4 is 35.8 Å². The molecule has 12 nitrogen and oxygen atoms in total. The minimum Gasteiger partial charge on any atom is -0.462 e. The average molecular weight is 603 g/mol. The molecule has 0 saturated carbocycles. The van der Waals surface area contributed by atoms with Crippen molar-refractivity contribution in [3.05, 3.63) is 0 Å². The van der Waals surface area contributed by atoms with E-state index in [0.717, 1.165) is 0 Å². The van der Waals surface area contributed by atoms with Gasteiger partial charge in [0.15, 0.2) is 24.4 Å². The van der Waals surface area contributed by atoms with Crippen molar-refractivity contribution in [3.8, 4) is 0 Å². The van der Waals surface area contributed by atoms with Crippen molar-refractivity contribution in [1.29, 1.82) is 0 Å². The van der Waals surface area contributed by atoms with Crippen molar-refractivity contribution < 1.29 is 57.2 Å². The van der Waals surface area contributed by atoms with Gasteiger partial charge in [0, 0.05) is 38.5 Å². The molecule has 42 heavy (non-hydrogen) atoms. The highest BCUT2D eigenvalue weighted by atomic mass is 16.6. The highest BCUT2D eigenvalue weighted by molar-refractivity contribution is 5.73.